The van der Waals surface area contributed by atoms with Gasteiger partial charge in [-0.2, -0.15) is 4.68 Å². The minimum Gasteiger partial charge on any atom is -0.310 e. The first-order valence-electron chi connectivity index (χ1n) is 8.12. The van der Waals surface area contributed by atoms with Crippen molar-refractivity contribution in [3.63, 3.8) is 0 Å². The zero-order valence-corrected chi connectivity index (χ0v) is 13.2. The normalized spacial score (nSPS) is 15.5. The maximum absolute atomic E-state index is 13.1. The maximum atomic E-state index is 13.1. The Morgan fingerprint density at radius 3 is 2.62 bits per heavy atom. The van der Waals surface area contributed by atoms with Crippen molar-refractivity contribution in [1.82, 2.24) is 15.0 Å². The fourth-order valence-corrected chi connectivity index (χ4v) is 3.00. The molecule has 1 saturated carbocycles. The molecule has 0 radical (unpaired) electrons. The molecular formula is C18H18FN4O+. The fourth-order valence-electron chi connectivity index (χ4n) is 3.00. The van der Waals surface area contributed by atoms with Crippen LogP contribution in [0.25, 0.3) is 10.9 Å². The predicted octanol–water partition coefficient (Wildman–Crippen LogP) is 1.14. The van der Waals surface area contributed by atoms with Crippen molar-refractivity contribution in [1.29, 1.82) is 0 Å². The molecule has 0 spiro atoms. The van der Waals surface area contributed by atoms with Gasteiger partial charge in [0.2, 0.25) is 0 Å². The first-order chi connectivity index (χ1) is 11.7. The van der Waals surface area contributed by atoms with Crippen molar-refractivity contribution in [2.24, 2.45) is 0 Å². The van der Waals surface area contributed by atoms with E-state index in [1.54, 1.807) is 24.3 Å². The van der Waals surface area contributed by atoms with E-state index in [0.29, 0.717) is 23.6 Å². The Morgan fingerprint density at radius 2 is 1.88 bits per heavy atom. The molecule has 5 nitrogen and oxygen atoms in total. The molecule has 1 atom stereocenters. The molecule has 1 unspecified atom stereocenters. The molecule has 1 aliphatic rings. The average molecular weight is 325 g/mol. The fraction of sp³-hybridized carbons (Fsp3) is 0.278. The van der Waals surface area contributed by atoms with Crippen LogP contribution in [0.5, 0.6) is 0 Å². The molecule has 4 rings (SSSR count). The lowest BCUT2D eigenvalue weighted by molar-refractivity contribution is -0.948. The van der Waals surface area contributed by atoms with Gasteiger partial charge in [-0.1, -0.05) is 29.5 Å². The van der Waals surface area contributed by atoms with Crippen LogP contribution >= 0.6 is 0 Å². The van der Waals surface area contributed by atoms with Crippen molar-refractivity contribution < 1.29 is 9.29 Å². The number of aromatic nitrogens is 3. The highest BCUT2D eigenvalue weighted by molar-refractivity contribution is 5.76. The number of quaternary nitrogens is 1. The van der Waals surface area contributed by atoms with Crippen LogP contribution in [0, 0.1) is 5.82 Å². The molecule has 6 heteroatoms. The average Bonchev–Trinajstić information content (AvgIpc) is 3.44. The molecule has 0 aliphatic heterocycles. The van der Waals surface area contributed by atoms with E-state index in [9.17, 15) is 9.18 Å². The Morgan fingerprint density at radius 1 is 1.12 bits per heavy atom. The van der Waals surface area contributed by atoms with Crippen LogP contribution in [-0.4, -0.2) is 21.0 Å². The number of rotatable bonds is 5. The van der Waals surface area contributed by atoms with E-state index in [0.717, 1.165) is 24.9 Å². The van der Waals surface area contributed by atoms with Crippen molar-refractivity contribution in [3.05, 3.63) is 70.3 Å². The highest BCUT2D eigenvalue weighted by Crippen LogP contribution is 2.16. The standard InChI is InChI=1S/C18H17FN4O/c19-14-7-5-13(6-8-14)11-22(15-9-10-15)12-23-18(24)16-3-1-2-4-17(16)20-21-23/h1-8,15H,9-12H2/p+1. The van der Waals surface area contributed by atoms with Crippen molar-refractivity contribution in [2.45, 2.75) is 32.1 Å². The monoisotopic (exact) mass is 325 g/mol. The Labute approximate surface area is 138 Å². The first-order valence-corrected chi connectivity index (χ1v) is 8.12. The second-order valence-corrected chi connectivity index (χ2v) is 6.31. The smallest absolute Gasteiger partial charge is 0.282 e. The summed E-state index contributed by atoms with van der Waals surface area (Å²) >= 11 is 0. The van der Waals surface area contributed by atoms with Gasteiger partial charge in [0.05, 0.1) is 11.4 Å². The summed E-state index contributed by atoms with van der Waals surface area (Å²) in [5.41, 5.74) is 1.56. The van der Waals surface area contributed by atoms with Crippen LogP contribution in [0.3, 0.4) is 0 Å². The summed E-state index contributed by atoms with van der Waals surface area (Å²) in [6.07, 6.45) is 2.29. The third-order valence-electron chi connectivity index (χ3n) is 4.48. The molecule has 122 valence electrons. The SMILES string of the molecule is O=c1c2ccccc2nnn1C[NH+](Cc1ccc(F)cc1)C1CC1. The van der Waals surface area contributed by atoms with E-state index in [1.807, 2.05) is 12.1 Å². The third kappa shape index (κ3) is 3.05. The topological polar surface area (TPSA) is 52.2 Å². The molecule has 1 aromatic heterocycles. The minimum atomic E-state index is -0.233. The molecule has 0 bridgehead atoms. The van der Waals surface area contributed by atoms with Gasteiger partial charge in [0.15, 0.2) is 6.67 Å². The lowest BCUT2D eigenvalue weighted by Gasteiger charge is -2.19. The number of fused-ring (bicyclic) bond motifs is 1. The predicted molar refractivity (Wildman–Crippen MR) is 87.9 cm³/mol. The van der Waals surface area contributed by atoms with E-state index in [-0.39, 0.29) is 11.4 Å². The lowest BCUT2D eigenvalue weighted by atomic mass is 10.2. The molecule has 2 aromatic carbocycles. The number of hydrogen-bond acceptors (Lipinski definition) is 3. The summed E-state index contributed by atoms with van der Waals surface area (Å²) in [5.74, 6) is -0.233. The Kier molecular flexibility index (Phi) is 3.82. The van der Waals surface area contributed by atoms with Crippen molar-refractivity contribution >= 4 is 10.9 Å². The van der Waals surface area contributed by atoms with Gasteiger partial charge in [0, 0.05) is 18.4 Å². The summed E-state index contributed by atoms with van der Waals surface area (Å²) in [6.45, 7) is 1.21. The zero-order chi connectivity index (χ0) is 16.5. The summed E-state index contributed by atoms with van der Waals surface area (Å²) in [5, 5.41) is 8.82. The van der Waals surface area contributed by atoms with Gasteiger partial charge in [-0.05, 0) is 24.3 Å². The summed E-state index contributed by atoms with van der Waals surface area (Å²) in [6, 6.07) is 14.3. The van der Waals surface area contributed by atoms with E-state index >= 15 is 0 Å². The summed E-state index contributed by atoms with van der Waals surface area (Å²) in [4.78, 5) is 13.9. The second kappa shape index (κ2) is 6.13. The first kappa shape index (κ1) is 15.0. The largest absolute Gasteiger partial charge is 0.310 e. The van der Waals surface area contributed by atoms with Crippen LogP contribution < -0.4 is 10.5 Å². The molecule has 0 saturated heterocycles. The van der Waals surface area contributed by atoms with Crippen LogP contribution in [0.1, 0.15) is 18.4 Å². The number of benzene rings is 2. The number of hydrogen-bond donors (Lipinski definition) is 1. The number of nitrogens with zero attached hydrogens (tertiary/aromatic N) is 3. The van der Waals surface area contributed by atoms with Crippen molar-refractivity contribution in [2.75, 3.05) is 0 Å². The second-order valence-electron chi connectivity index (χ2n) is 6.31. The van der Waals surface area contributed by atoms with E-state index in [2.05, 4.69) is 10.3 Å². The van der Waals surface area contributed by atoms with Gasteiger partial charge in [-0.15, -0.1) is 5.10 Å². The highest BCUT2D eigenvalue weighted by atomic mass is 19.1. The van der Waals surface area contributed by atoms with Crippen LogP contribution in [0.15, 0.2) is 53.3 Å². The van der Waals surface area contributed by atoms with Gasteiger partial charge in [-0.25, -0.2) is 4.39 Å². The van der Waals surface area contributed by atoms with Crippen LogP contribution in [0.4, 0.5) is 4.39 Å². The van der Waals surface area contributed by atoms with E-state index in [4.69, 9.17) is 0 Å². The van der Waals surface area contributed by atoms with Gasteiger partial charge in [0.1, 0.15) is 17.9 Å². The summed E-state index contributed by atoms with van der Waals surface area (Å²) < 4.78 is 14.5. The van der Waals surface area contributed by atoms with E-state index in [1.165, 1.54) is 21.7 Å². The number of halogens is 1. The molecule has 1 aliphatic carbocycles. The molecule has 3 aromatic rings. The molecule has 0 amide bonds. The van der Waals surface area contributed by atoms with Gasteiger partial charge in [0.25, 0.3) is 5.56 Å². The van der Waals surface area contributed by atoms with Crippen LogP contribution in [-0.2, 0) is 13.2 Å². The lowest BCUT2D eigenvalue weighted by Crippen LogP contribution is -3.11. The summed E-state index contributed by atoms with van der Waals surface area (Å²) in [7, 11) is 0. The van der Waals surface area contributed by atoms with Crippen molar-refractivity contribution in [3.8, 4) is 0 Å². The number of nitrogens with one attached hydrogen (secondary N) is 1. The molecule has 24 heavy (non-hydrogen) atoms. The molecule has 1 N–H and O–H groups in total. The van der Waals surface area contributed by atoms with Gasteiger partial charge < -0.3 is 4.90 Å². The van der Waals surface area contributed by atoms with Gasteiger partial charge >= 0.3 is 0 Å². The minimum absolute atomic E-state index is 0.113. The Hall–Kier alpha value is -2.60. The maximum Gasteiger partial charge on any atom is 0.282 e. The third-order valence-corrected chi connectivity index (χ3v) is 4.48. The molecule has 1 heterocycles. The highest BCUT2D eigenvalue weighted by Gasteiger charge is 2.34. The molecule has 1 fully saturated rings. The van der Waals surface area contributed by atoms with E-state index < -0.39 is 0 Å². The van der Waals surface area contributed by atoms with Crippen LogP contribution in [0.2, 0.25) is 0 Å². The molecular weight excluding hydrogens is 307 g/mol. The quantitative estimate of drug-likeness (QED) is 0.765. The zero-order valence-electron chi connectivity index (χ0n) is 13.2. The van der Waals surface area contributed by atoms with Gasteiger partial charge in [-0.3, -0.25) is 4.79 Å². The Bertz CT molecular complexity index is 918. The Balaban J connectivity index is 1.60.